The van der Waals surface area contributed by atoms with Gasteiger partial charge in [-0.05, 0) is 24.3 Å². The normalized spacial score (nSPS) is 11.2. The second-order valence-electron chi connectivity index (χ2n) is 5.46. The van der Waals surface area contributed by atoms with Crippen LogP contribution in [0.4, 0.5) is 29.7 Å². The first-order chi connectivity index (χ1) is 12.3. The maximum atomic E-state index is 13.1. The van der Waals surface area contributed by atoms with Crippen LogP contribution in [0.2, 0.25) is 0 Å². The Kier molecular flexibility index (Phi) is 4.94. The van der Waals surface area contributed by atoms with E-state index in [-0.39, 0.29) is 11.6 Å². The Bertz CT molecular complexity index is 920. The lowest BCUT2D eigenvalue weighted by Crippen LogP contribution is -2.08. The van der Waals surface area contributed by atoms with Gasteiger partial charge in [0.25, 0.3) is 0 Å². The minimum absolute atomic E-state index is 0.0399. The second kappa shape index (κ2) is 7.17. The summed E-state index contributed by atoms with van der Waals surface area (Å²) >= 11 is 1.21. The van der Waals surface area contributed by atoms with Gasteiger partial charge in [-0.25, -0.2) is 4.98 Å². The first-order valence-electron chi connectivity index (χ1n) is 7.60. The van der Waals surface area contributed by atoms with Crippen LogP contribution < -0.4 is 10.6 Å². The van der Waals surface area contributed by atoms with E-state index in [1.54, 1.807) is 29.6 Å². The fraction of sp³-hybridized carbons (Fsp3) is 0.111. The molecule has 1 aromatic heterocycles. The predicted molar refractivity (Wildman–Crippen MR) is 96.6 cm³/mol. The van der Waals surface area contributed by atoms with Gasteiger partial charge in [0.2, 0.25) is 5.91 Å². The number of hydrogen-bond acceptors (Lipinski definition) is 4. The Morgan fingerprint density at radius 3 is 2.42 bits per heavy atom. The van der Waals surface area contributed by atoms with Crippen LogP contribution in [0.5, 0.6) is 0 Å². The van der Waals surface area contributed by atoms with Crippen molar-refractivity contribution in [1.82, 2.24) is 4.98 Å². The molecule has 134 valence electrons. The fourth-order valence-corrected chi connectivity index (χ4v) is 3.08. The van der Waals surface area contributed by atoms with Crippen molar-refractivity contribution in [3.8, 4) is 11.3 Å². The van der Waals surface area contributed by atoms with E-state index in [0.29, 0.717) is 16.5 Å². The summed E-state index contributed by atoms with van der Waals surface area (Å²) in [6.45, 7) is 1.42. The molecule has 0 saturated heterocycles. The fourth-order valence-electron chi connectivity index (χ4n) is 2.35. The molecule has 26 heavy (non-hydrogen) atoms. The lowest BCUT2D eigenvalue weighted by atomic mass is 10.1. The van der Waals surface area contributed by atoms with Crippen molar-refractivity contribution in [3.63, 3.8) is 0 Å². The van der Waals surface area contributed by atoms with Gasteiger partial charge in [-0.3, -0.25) is 4.79 Å². The van der Waals surface area contributed by atoms with Crippen LogP contribution in [-0.4, -0.2) is 10.9 Å². The third kappa shape index (κ3) is 4.20. The van der Waals surface area contributed by atoms with Crippen LogP contribution in [0.1, 0.15) is 12.5 Å². The van der Waals surface area contributed by atoms with Crippen molar-refractivity contribution in [2.24, 2.45) is 0 Å². The van der Waals surface area contributed by atoms with Gasteiger partial charge in [0, 0.05) is 23.6 Å². The van der Waals surface area contributed by atoms with Crippen molar-refractivity contribution >= 4 is 33.8 Å². The van der Waals surface area contributed by atoms with Gasteiger partial charge in [-0.15, -0.1) is 11.3 Å². The van der Waals surface area contributed by atoms with Gasteiger partial charge < -0.3 is 10.6 Å². The molecule has 1 heterocycles. The van der Waals surface area contributed by atoms with Crippen LogP contribution >= 0.6 is 11.3 Å². The van der Waals surface area contributed by atoms with E-state index in [1.165, 1.54) is 36.5 Å². The Balaban J connectivity index is 1.80. The van der Waals surface area contributed by atoms with Crippen molar-refractivity contribution < 1.29 is 18.0 Å². The number of para-hydroxylation sites is 1. The standard InChI is InChI=1S/C18H14F3N3OS/c1-11(25)22-13-8-6-12(7-9-13)16-10-26-17(24-16)23-15-5-3-2-4-14(15)18(19,20)21/h2-10H,1H3,(H,22,25)(H,23,24). The van der Waals surface area contributed by atoms with E-state index in [9.17, 15) is 18.0 Å². The maximum absolute atomic E-state index is 13.1. The number of benzene rings is 2. The zero-order chi connectivity index (χ0) is 18.7. The molecule has 1 amide bonds. The number of carbonyl (C=O) groups excluding carboxylic acids is 1. The maximum Gasteiger partial charge on any atom is 0.418 e. The third-order valence-electron chi connectivity index (χ3n) is 3.48. The predicted octanol–water partition coefficient (Wildman–Crippen LogP) is 5.53. The molecule has 0 radical (unpaired) electrons. The number of aromatic nitrogens is 1. The molecular formula is C18H14F3N3OS. The van der Waals surface area contributed by atoms with Crippen molar-refractivity contribution in [3.05, 3.63) is 59.5 Å². The highest BCUT2D eigenvalue weighted by Gasteiger charge is 2.33. The summed E-state index contributed by atoms with van der Waals surface area (Å²) in [5.41, 5.74) is 1.32. The molecule has 0 aliphatic rings. The highest BCUT2D eigenvalue weighted by atomic mass is 32.1. The summed E-state index contributed by atoms with van der Waals surface area (Å²) in [6, 6.07) is 12.3. The number of halogens is 3. The third-order valence-corrected chi connectivity index (χ3v) is 4.24. The summed E-state index contributed by atoms with van der Waals surface area (Å²) in [7, 11) is 0. The summed E-state index contributed by atoms with van der Waals surface area (Å²) in [6.07, 6.45) is -4.44. The Morgan fingerprint density at radius 1 is 1.08 bits per heavy atom. The van der Waals surface area contributed by atoms with Gasteiger partial charge in [0.05, 0.1) is 16.9 Å². The number of rotatable bonds is 4. The van der Waals surface area contributed by atoms with Gasteiger partial charge >= 0.3 is 6.18 Å². The molecule has 0 saturated carbocycles. The molecule has 0 fully saturated rings. The zero-order valence-electron chi connectivity index (χ0n) is 13.6. The number of anilines is 3. The van der Waals surface area contributed by atoms with Crippen LogP contribution in [0.25, 0.3) is 11.3 Å². The smallest absolute Gasteiger partial charge is 0.331 e. The van der Waals surface area contributed by atoms with Crippen LogP contribution in [0.15, 0.2) is 53.9 Å². The first kappa shape index (κ1) is 17.9. The van der Waals surface area contributed by atoms with E-state index < -0.39 is 11.7 Å². The topological polar surface area (TPSA) is 54.0 Å². The molecule has 2 aromatic carbocycles. The van der Waals surface area contributed by atoms with Gasteiger partial charge in [0.15, 0.2) is 5.13 Å². The number of nitrogens with zero attached hydrogens (tertiary/aromatic N) is 1. The highest BCUT2D eigenvalue weighted by molar-refractivity contribution is 7.14. The number of amides is 1. The van der Waals surface area contributed by atoms with Gasteiger partial charge in [-0.2, -0.15) is 13.2 Å². The molecule has 0 unspecified atom stereocenters. The molecular weight excluding hydrogens is 363 g/mol. The molecule has 0 aliphatic carbocycles. The number of alkyl halides is 3. The molecule has 8 heteroatoms. The molecule has 4 nitrogen and oxygen atoms in total. The van der Waals surface area contributed by atoms with E-state index in [1.807, 2.05) is 0 Å². The summed E-state index contributed by atoms with van der Waals surface area (Å²) < 4.78 is 39.2. The van der Waals surface area contributed by atoms with Crippen LogP contribution in [0, 0.1) is 0 Å². The monoisotopic (exact) mass is 377 g/mol. The van der Waals surface area contributed by atoms with Gasteiger partial charge in [0.1, 0.15) is 0 Å². The van der Waals surface area contributed by atoms with Crippen molar-refractivity contribution in [2.45, 2.75) is 13.1 Å². The minimum Gasteiger partial charge on any atom is -0.331 e. The lowest BCUT2D eigenvalue weighted by Gasteiger charge is -2.12. The summed E-state index contributed by atoms with van der Waals surface area (Å²) in [5, 5.41) is 7.52. The number of nitrogens with one attached hydrogen (secondary N) is 2. The Hall–Kier alpha value is -2.87. The Labute approximate surface area is 151 Å². The molecule has 0 aliphatic heterocycles. The second-order valence-corrected chi connectivity index (χ2v) is 6.32. The van der Waals surface area contributed by atoms with E-state index >= 15 is 0 Å². The SMILES string of the molecule is CC(=O)Nc1ccc(-c2csc(Nc3ccccc3C(F)(F)F)n2)cc1. The zero-order valence-corrected chi connectivity index (χ0v) is 14.4. The molecule has 0 spiro atoms. The van der Waals surface area contributed by atoms with Crippen molar-refractivity contribution in [1.29, 1.82) is 0 Å². The summed E-state index contributed by atoms with van der Waals surface area (Å²) in [5.74, 6) is -0.166. The first-order valence-corrected chi connectivity index (χ1v) is 8.48. The number of thiazole rings is 1. The number of hydrogen-bond donors (Lipinski definition) is 2. The quantitative estimate of drug-likeness (QED) is 0.628. The highest BCUT2D eigenvalue weighted by Crippen LogP contribution is 2.36. The van der Waals surface area contributed by atoms with E-state index in [0.717, 1.165) is 11.6 Å². The molecule has 0 atom stereocenters. The Morgan fingerprint density at radius 2 is 1.77 bits per heavy atom. The van der Waals surface area contributed by atoms with Crippen molar-refractivity contribution in [2.75, 3.05) is 10.6 Å². The van der Waals surface area contributed by atoms with Gasteiger partial charge in [-0.1, -0.05) is 24.3 Å². The molecule has 2 N–H and O–H groups in total. The minimum atomic E-state index is -4.44. The molecule has 3 rings (SSSR count). The van der Waals surface area contributed by atoms with Crippen LogP contribution in [0.3, 0.4) is 0 Å². The summed E-state index contributed by atoms with van der Waals surface area (Å²) in [4.78, 5) is 15.4. The average Bonchev–Trinajstić information content (AvgIpc) is 3.03. The molecule has 0 bridgehead atoms. The van der Waals surface area contributed by atoms with E-state index in [2.05, 4.69) is 15.6 Å². The molecule has 3 aromatic rings. The number of carbonyl (C=O) groups is 1. The largest absolute Gasteiger partial charge is 0.418 e. The average molecular weight is 377 g/mol. The lowest BCUT2D eigenvalue weighted by molar-refractivity contribution is -0.136. The van der Waals surface area contributed by atoms with E-state index in [4.69, 9.17) is 0 Å². The van der Waals surface area contributed by atoms with Crippen LogP contribution in [-0.2, 0) is 11.0 Å².